The van der Waals surface area contributed by atoms with E-state index in [9.17, 15) is 0 Å². The molecule has 1 saturated carbocycles. The zero-order valence-corrected chi connectivity index (χ0v) is 12.7. The Labute approximate surface area is 121 Å². The highest BCUT2D eigenvalue weighted by molar-refractivity contribution is 5.25. The smallest absolute Gasteiger partial charge is 0.213 e. The normalized spacial score (nSPS) is 14.5. The van der Waals surface area contributed by atoms with Gasteiger partial charge in [0.05, 0.1) is 6.61 Å². The van der Waals surface area contributed by atoms with Gasteiger partial charge in [-0.3, -0.25) is 0 Å². The zero-order chi connectivity index (χ0) is 14.2. The lowest BCUT2D eigenvalue weighted by atomic mass is 10.1. The summed E-state index contributed by atoms with van der Waals surface area (Å²) in [6.07, 6.45) is 5.63. The van der Waals surface area contributed by atoms with Crippen LogP contribution < -0.4 is 10.1 Å². The number of nitrogens with one attached hydrogen (secondary N) is 1. The molecule has 1 fully saturated rings. The van der Waals surface area contributed by atoms with E-state index >= 15 is 0 Å². The maximum Gasteiger partial charge on any atom is 0.213 e. The van der Waals surface area contributed by atoms with Gasteiger partial charge in [0.25, 0.3) is 0 Å². The third-order valence-corrected chi connectivity index (χ3v) is 3.34. The molecule has 1 aromatic rings. The molecule has 1 aliphatic carbocycles. The largest absolute Gasteiger partial charge is 0.478 e. The number of hydrogen-bond donors (Lipinski definition) is 1. The Morgan fingerprint density at radius 2 is 2.15 bits per heavy atom. The Hall–Kier alpha value is -1.13. The van der Waals surface area contributed by atoms with Gasteiger partial charge in [0.15, 0.2) is 0 Å². The molecule has 112 valence electrons. The fourth-order valence-corrected chi connectivity index (χ4v) is 2.11. The first kappa shape index (κ1) is 15.3. The topological polar surface area (TPSA) is 43.4 Å². The maximum atomic E-state index is 5.74. The summed E-state index contributed by atoms with van der Waals surface area (Å²) >= 11 is 0. The second kappa shape index (κ2) is 8.22. The van der Waals surface area contributed by atoms with Crippen LogP contribution in [-0.2, 0) is 17.7 Å². The Bertz CT molecular complexity index is 405. The van der Waals surface area contributed by atoms with E-state index < -0.39 is 0 Å². The Morgan fingerprint density at radius 3 is 2.85 bits per heavy atom. The molecule has 1 aromatic heterocycles. The van der Waals surface area contributed by atoms with Crippen LogP contribution in [0, 0.1) is 0 Å². The Balaban J connectivity index is 1.92. The van der Waals surface area contributed by atoms with Crippen molar-refractivity contribution in [2.75, 3.05) is 20.3 Å². The van der Waals surface area contributed by atoms with Crippen molar-refractivity contribution in [2.24, 2.45) is 0 Å². The third kappa shape index (κ3) is 5.47. The first-order valence-corrected chi connectivity index (χ1v) is 7.66. The quantitative estimate of drug-likeness (QED) is 0.668. The Morgan fingerprint density at radius 1 is 1.30 bits per heavy atom. The van der Waals surface area contributed by atoms with Gasteiger partial charge in [-0.2, -0.15) is 0 Å². The predicted molar refractivity (Wildman–Crippen MR) is 80.1 cm³/mol. The first-order chi connectivity index (χ1) is 9.81. The summed E-state index contributed by atoms with van der Waals surface area (Å²) in [5.41, 5.74) is 2.40. The minimum Gasteiger partial charge on any atom is -0.478 e. The maximum absolute atomic E-state index is 5.74. The van der Waals surface area contributed by atoms with E-state index in [0.29, 0.717) is 6.61 Å². The average Bonchev–Trinajstić information content (AvgIpc) is 3.26. The van der Waals surface area contributed by atoms with E-state index in [1.54, 1.807) is 7.11 Å². The monoisotopic (exact) mass is 278 g/mol. The molecule has 20 heavy (non-hydrogen) atoms. The zero-order valence-electron chi connectivity index (χ0n) is 12.7. The highest BCUT2D eigenvalue weighted by Crippen LogP contribution is 2.20. The van der Waals surface area contributed by atoms with Crippen molar-refractivity contribution in [3.63, 3.8) is 0 Å². The number of nitrogens with zero attached hydrogens (tertiary/aromatic N) is 1. The molecule has 1 heterocycles. The number of aromatic nitrogens is 1. The lowest BCUT2D eigenvalue weighted by Crippen LogP contribution is -2.16. The van der Waals surface area contributed by atoms with Gasteiger partial charge in [-0.25, -0.2) is 4.98 Å². The van der Waals surface area contributed by atoms with Gasteiger partial charge in [-0.15, -0.1) is 0 Å². The van der Waals surface area contributed by atoms with Crippen molar-refractivity contribution in [1.29, 1.82) is 0 Å². The molecular weight excluding hydrogens is 252 g/mol. The SMILES string of the molecule is CCCc1cc(CNC2CC2)cc(OCCCOC)n1. The lowest BCUT2D eigenvalue weighted by molar-refractivity contribution is 0.170. The number of aryl methyl sites for hydroxylation is 1. The summed E-state index contributed by atoms with van der Waals surface area (Å²) in [6, 6.07) is 4.98. The van der Waals surface area contributed by atoms with Crippen molar-refractivity contribution < 1.29 is 9.47 Å². The molecular formula is C16H26N2O2. The summed E-state index contributed by atoms with van der Waals surface area (Å²) in [5, 5.41) is 3.54. The third-order valence-electron chi connectivity index (χ3n) is 3.34. The second-order valence-corrected chi connectivity index (χ2v) is 5.40. The molecule has 0 spiro atoms. The first-order valence-electron chi connectivity index (χ1n) is 7.66. The van der Waals surface area contributed by atoms with E-state index in [4.69, 9.17) is 9.47 Å². The predicted octanol–water partition coefficient (Wildman–Crippen LogP) is 2.70. The molecule has 0 aromatic carbocycles. The molecule has 0 unspecified atom stereocenters. The van der Waals surface area contributed by atoms with Crippen molar-refractivity contribution in [3.05, 3.63) is 23.4 Å². The standard InChI is InChI=1S/C16H26N2O2/c1-3-5-15-10-13(12-17-14-6-7-14)11-16(18-15)20-9-4-8-19-2/h10-11,14,17H,3-9,12H2,1-2H3. The van der Waals surface area contributed by atoms with Crippen LogP contribution in [0.5, 0.6) is 5.88 Å². The molecule has 0 saturated heterocycles. The van der Waals surface area contributed by atoms with E-state index in [1.165, 1.54) is 18.4 Å². The molecule has 2 rings (SSSR count). The van der Waals surface area contributed by atoms with Gasteiger partial charge >= 0.3 is 0 Å². The molecule has 4 heteroatoms. The van der Waals surface area contributed by atoms with E-state index in [0.717, 1.165) is 50.0 Å². The van der Waals surface area contributed by atoms with Crippen molar-refractivity contribution in [1.82, 2.24) is 10.3 Å². The van der Waals surface area contributed by atoms with Crippen LogP contribution >= 0.6 is 0 Å². The molecule has 0 amide bonds. The lowest BCUT2D eigenvalue weighted by Gasteiger charge is -2.10. The highest BCUT2D eigenvalue weighted by atomic mass is 16.5. The van der Waals surface area contributed by atoms with Crippen LogP contribution in [0.4, 0.5) is 0 Å². The fourth-order valence-electron chi connectivity index (χ4n) is 2.11. The van der Waals surface area contributed by atoms with Gasteiger partial charge in [-0.05, 0) is 30.9 Å². The molecule has 1 aliphatic rings. The summed E-state index contributed by atoms with van der Waals surface area (Å²) in [5.74, 6) is 0.750. The van der Waals surface area contributed by atoms with E-state index in [-0.39, 0.29) is 0 Å². The molecule has 4 nitrogen and oxygen atoms in total. The summed E-state index contributed by atoms with van der Waals surface area (Å²) in [6.45, 7) is 4.48. The summed E-state index contributed by atoms with van der Waals surface area (Å²) in [4.78, 5) is 4.57. The fraction of sp³-hybridized carbons (Fsp3) is 0.688. The van der Waals surface area contributed by atoms with Crippen LogP contribution in [0.3, 0.4) is 0 Å². The number of rotatable bonds is 10. The van der Waals surface area contributed by atoms with Gasteiger partial charge in [0.1, 0.15) is 0 Å². The van der Waals surface area contributed by atoms with E-state index in [2.05, 4.69) is 29.4 Å². The molecule has 0 aliphatic heterocycles. The van der Waals surface area contributed by atoms with Gasteiger partial charge in [0, 0.05) is 44.5 Å². The van der Waals surface area contributed by atoms with Crippen LogP contribution in [0.1, 0.15) is 43.9 Å². The van der Waals surface area contributed by atoms with Gasteiger partial charge < -0.3 is 14.8 Å². The van der Waals surface area contributed by atoms with Crippen molar-refractivity contribution in [3.8, 4) is 5.88 Å². The highest BCUT2D eigenvalue weighted by Gasteiger charge is 2.20. The second-order valence-electron chi connectivity index (χ2n) is 5.40. The Kier molecular flexibility index (Phi) is 6.27. The molecule has 0 radical (unpaired) electrons. The summed E-state index contributed by atoms with van der Waals surface area (Å²) < 4.78 is 10.8. The van der Waals surface area contributed by atoms with Crippen LogP contribution in [0.2, 0.25) is 0 Å². The van der Waals surface area contributed by atoms with Crippen molar-refractivity contribution in [2.45, 2.75) is 51.6 Å². The number of pyridine rings is 1. The van der Waals surface area contributed by atoms with Gasteiger partial charge in [0.2, 0.25) is 5.88 Å². The van der Waals surface area contributed by atoms with E-state index in [1.807, 2.05) is 0 Å². The van der Waals surface area contributed by atoms with Crippen molar-refractivity contribution >= 4 is 0 Å². The average molecular weight is 278 g/mol. The number of hydrogen-bond acceptors (Lipinski definition) is 4. The number of ether oxygens (including phenoxy) is 2. The van der Waals surface area contributed by atoms with Gasteiger partial charge in [-0.1, -0.05) is 13.3 Å². The summed E-state index contributed by atoms with van der Waals surface area (Å²) in [7, 11) is 1.71. The molecule has 0 atom stereocenters. The molecule has 1 N–H and O–H groups in total. The number of methoxy groups -OCH3 is 1. The molecule has 0 bridgehead atoms. The van der Waals surface area contributed by atoms with Crippen LogP contribution in [-0.4, -0.2) is 31.3 Å². The van der Waals surface area contributed by atoms with Crippen LogP contribution in [0.15, 0.2) is 12.1 Å². The minimum absolute atomic E-state index is 0.659. The minimum atomic E-state index is 0.659. The van der Waals surface area contributed by atoms with Crippen LogP contribution in [0.25, 0.3) is 0 Å².